The summed E-state index contributed by atoms with van der Waals surface area (Å²) < 4.78 is 35.5. The van der Waals surface area contributed by atoms with Crippen LogP contribution < -0.4 is 63.6 Å². The average Bonchev–Trinajstić information content (AvgIpc) is 1.69. The number of halogens is 2. The number of aromatic nitrogens is 2. The van der Waals surface area contributed by atoms with Gasteiger partial charge in [0.25, 0.3) is 0 Å². The molecule has 15 N–H and O–H groups in total. The lowest BCUT2D eigenvalue weighted by atomic mass is 9.95. The zero-order valence-electron chi connectivity index (χ0n) is 57.0. The van der Waals surface area contributed by atoms with Gasteiger partial charge in [-0.15, -0.1) is 0 Å². The van der Waals surface area contributed by atoms with E-state index in [0.29, 0.717) is 107 Å². The number of fused-ring (bicyclic) bond motifs is 5. The Morgan fingerprint density at radius 3 is 1.89 bits per heavy atom. The molecule has 5 heterocycles. The van der Waals surface area contributed by atoms with Gasteiger partial charge in [-0.3, -0.25) is 47.9 Å². The van der Waals surface area contributed by atoms with Crippen LogP contribution in [0, 0.1) is 18.6 Å². The Hall–Kier alpha value is -9.10. The largest absolute Gasteiger partial charge is 0.496 e. The number of nitrogens with one attached hydrogen (secondary N) is 12. The van der Waals surface area contributed by atoms with Gasteiger partial charge in [-0.2, -0.15) is 23.5 Å². The first-order chi connectivity index (χ1) is 48.5. The van der Waals surface area contributed by atoms with Gasteiger partial charge in [0.15, 0.2) is 0 Å². The molecule has 3 aliphatic rings. The van der Waals surface area contributed by atoms with Gasteiger partial charge >= 0.3 is 5.97 Å². The molecule has 2 saturated heterocycles. The number of carboxylic acid groups (broad SMARTS) is 1. The van der Waals surface area contributed by atoms with Crippen LogP contribution in [0.1, 0.15) is 98.6 Å². The summed E-state index contributed by atoms with van der Waals surface area (Å²) >= 11 is 3.14. The van der Waals surface area contributed by atoms with Crippen molar-refractivity contribution >= 4 is 104 Å². The molecule has 4 aromatic carbocycles. The minimum absolute atomic E-state index is 0.0587. The first-order valence-electron chi connectivity index (χ1n) is 33.9. The molecule has 0 radical (unpaired) electrons. The van der Waals surface area contributed by atoms with Crippen LogP contribution in [0.4, 0.5) is 8.78 Å². The Morgan fingerprint density at radius 2 is 1.28 bits per heavy atom. The van der Waals surface area contributed by atoms with Crippen LogP contribution in [-0.2, 0) is 78.7 Å². The molecular formula is C71H90F2N14O12S2. The highest BCUT2D eigenvalue weighted by atomic mass is 32.2. The number of aromatic amines is 2. The number of aliphatic carboxylic acids is 1. The Kier molecular flexibility index (Phi) is 27.1. The molecule has 0 aliphatic carbocycles. The van der Waals surface area contributed by atoms with E-state index in [-0.39, 0.29) is 56.7 Å². The highest BCUT2D eigenvalue weighted by Crippen LogP contribution is 2.32. The molecule has 3 aliphatic heterocycles. The third-order valence-corrected chi connectivity index (χ3v) is 20.5. The Bertz CT molecular complexity index is 3980. The van der Waals surface area contributed by atoms with E-state index >= 15 is 23.6 Å². The quantitative estimate of drug-likeness (QED) is 0.0656. The number of H-pyrrole nitrogens is 2. The minimum atomic E-state index is -1.97. The standard InChI is InChI=1S/C71H90F2N14O12S2/c1-40-25-42(12-17-60(40)99-4)27-59-69(97)87-22-8-19-71(87,3)70(98)76-21-24-101-38-44-10-7-9-43(26-44)37-100-23-18-61(88)81-54(11-5-6-20-74)64(92)80-41(2)63(91)82-55(28-45-34-77-52-15-13-47(72)30-50(45)52)65(93)83-56(29-46-35-78-53-16-14-48(73)31-51(46)53)66(94)85-58(33-62(89)90)68(96)84-57(67(95)86-59)32-49-36-75-39-79-49/h7,9-10,12-17,25-26,30-31,34-35,41,49,54-59,75,77-79H,5-6,8,11,18-24,27-29,32-33,36-39,74H2,1-4H3,(H,76,98)(H,80,92)(H,81,88)(H,82,91)(H,83,93)(H,84,96)(H,85,94)(H,86,95)(H,89,90)/t41-,49?,54+,55+,56+,57+,58+,59+,71+/m1/s1. The van der Waals surface area contributed by atoms with Crippen LogP contribution in [0.15, 0.2) is 91.3 Å². The molecule has 1 unspecified atom stereocenters. The predicted molar refractivity (Wildman–Crippen MR) is 380 cm³/mol. The number of ether oxygens (including phenoxy) is 1. The molecule has 30 heteroatoms. The van der Waals surface area contributed by atoms with E-state index in [9.17, 15) is 38.3 Å². The van der Waals surface area contributed by atoms with E-state index in [4.69, 9.17) is 10.5 Å². The van der Waals surface area contributed by atoms with Gasteiger partial charge in [0.1, 0.15) is 65.2 Å². The van der Waals surface area contributed by atoms with Crippen molar-refractivity contribution in [3.63, 3.8) is 0 Å². The van der Waals surface area contributed by atoms with Crippen LogP contribution in [-0.4, -0.2) is 184 Å². The number of hydrogen-bond donors (Lipinski definition) is 14. The topological polar surface area (TPSA) is 381 Å². The summed E-state index contributed by atoms with van der Waals surface area (Å²) in [5, 5.41) is 39.3. The van der Waals surface area contributed by atoms with E-state index in [0.717, 1.165) is 16.7 Å². The second-order valence-electron chi connectivity index (χ2n) is 26.0. The van der Waals surface area contributed by atoms with Crippen molar-refractivity contribution in [3.8, 4) is 5.75 Å². The third-order valence-electron chi connectivity index (χ3n) is 18.4. The van der Waals surface area contributed by atoms with Crippen molar-refractivity contribution in [2.45, 2.75) is 157 Å². The number of nitrogens with zero attached hydrogens (tertiary/aromatic N) is 1. The molecular weight excluding hydrogens is 1340 g/mol. The molecule has 9 rings (SSSR count). The van der Waals surface area contributed by atoms with Gasteiger partial charge < -0.3 is 83.6 Å². The molecule has 9 atom stereocenters. The maximum atomic E-state index is 15.3. The summed E-state index contributed by atoms with van der Waals surface area (Å²) in [5.41, 5.74) is 9.42. The maximum absolute atomic E-state index is 15.3. The fourth-order valence-electron chi connectivity index (χ4n) is 12.9. The number of benzene rings is 4. The molecule has 0 spiro atoms. The van der Waals surface area contributed by atoms with Crippen LogP contribution in [0.5, 0.6) is 5.75 Å². The average molecular weight is 1430 g/mol. The lowest BCUT2D eigenvalue weighted by Gasteiger charge is -2.37. The summed E-state index contributed by atoms with van der Waals surface area (Å²) in [6.07, 6.45) is 2.91. The van der Waals surface area contributed by atoms with Gasteiger partial charge in [0.05, 0.1) is 13.5 Å². The van der Waals surface area contributed by atoms with Gasteiger partial charge in [0, 0.05) is 115 Å². The second kappa shape index (κ2) is 36.0. The fourth-order valence-corrected chi connectivity index (χ4v) is 14.6. The molecule has 542 valence electrons. The maximum Gasteiger partial charge on any atom is 0.305 e. The summed E-state index contributed by atoms with van der Waals surface area (Å²) in [7, 11) is 1.52. The highest BCUT2D eigenvalue weighted by molar-refractivity contribution is 7.98. The van der Waals surface area contributed by atoms with Crippen molar-refractivity contribution in [3.05, 3.63) is 136 Å². The number of rotatable bonds is 15. The number of hydrogen-bond acceptors (Lipinski definition) is 16. The normalized spacial score (nSPS) is 24.3. The van der Waals surface area contributed by atoms with Crippen LogP contribution in [0.2, 0.25) is 0 Å². The minimum Gasteiger partial charge on any atom is -0.496 e. The number of carbonyl (C=O) groups excluding carboxylic acids is 9. The smallest absolute Gasteiger partial charge is 0.305 e. The predicted octanol–water partition coefficient (Wildman–Crippen LogP) is 3.27. The molecule has 0 saturated carbocycles. The molecule has 2 aromatic heterocycles. The van der Waals surface area contributed by atoms with Crippen molar-refractivity contribution in [1.82, 2.24) is 68.0 Å². The molecule has 101 heavy (non-hydrogen) atoms. The second-order valence-corrected chi connectivity index (χ2v) is 28.2. The van der Waals surface area contributed by atoms with Crippen molar-refractivity contribution in [1.29, 1.82) is 0 Å². The Balaban J connectivity index is 1.06. The molecule has 2 bridgehead atoms. The first kappa shape index (κ1) is 76.1. The lowest BCUT2D eigenvalue weighted by Crippen LogP contribution is -2.62. The molecule has 2 fully saturated rings. The number of methoxy groups -OCH3 is 1. The summed E-state index contributed by atoms with van der Waals surface area (Å²) in [6.45, 7) is 6.30. The number of unbranched alkanes of at least 4 members (excludes halogenated alkanes) is 1. The highest BCUT2D eigenvalue weighted by Gasteiger charge is 2.48. The number of carbonyl (C=O) groups is 10. The molecule has 26 nitrogen and oxygen atoms in total. The molecule has 6 aromatic rings. The number of thioether (sulfide) groups is 2. The van der Waals surface area contributed by atoms with E-state index in [1.807, 2.05) is 31.2 Å². The number of amides is 9. The van der Waals surface area contributed by atoms with E-state index in [2.05, 4.69) is 69.2 Å². The third kappa shape index (κ3) is 20.8. The Morgan fingerprint density at radius 1 is 0.683 bits per heavy atom. The number of aryl methyl sites for hydroxylation is 1. The van der Waals surface area contributed by atoms with Gasteiger partial charge in [-0.05, 0) is 142 Å². The van der Waals surface area contributed by atoms with Crippen LogP contribution in [0.3, 0.4) is 0 Å². The number of carboxylic acids is 1. The van der Waals surface area contributed by atoms with Crippen LogP contribution >= 0.6 is 23.5 Å². The fraction of sp³-hybridized carbons (Fsp3) is 0.465. The summed E-state index contributed by atoms with van der Waals surface area (Å²) in [5.74, 6) is -7.23. The van der Waals surface area contributed by atoms with Crippen molar-refractivity contribution < 1.29 is 66.6 Å². The number of nitrogens with two attached hydrogens (primary N) is 1. The summed E-state index contributed by atoms with van der Waals surface area (Å²) in [6, 6.07) is 9.95. The van der Waals surface area contributed by atoms with Gasteiger partial charge in [0.2, 0.25) is 53.2 Å². The monoisotopic (exact) mass is 1430 g/mol. The van der Waals surface area contributed by atoms with E-state index in [1.54, 1.807) is 30.8 Å². The molecule has 9 amide bonds. The SMILES string of the molecule is COc1ccc(C[C@@H]2NC(=O)[C@H](CC3CNCN3)NC(=O)[C@H](CC(=O)O)NC(=O)[C@H](Cc3c[nH]c4ccc(F)cc34)NC(=O)[C@H](Cc3c[nH]c4ccc(F)cc34)NC(=O)[C@@H](C)NC(=O)[C@H](CCCCN)NC(=O)CCSCc3cccc(c3)CSCCNC(=O)[C@]3(C)CCCN3C2=O)cc1C. The van der Waals surface area contributed by atoms with Gasteiger partial charge in [-0.1, -0.05) is 36.4 Å². The van der Waals surface area contributed by atoms with Crippen molar-refractivity contribution in [2.75, 3.05) is 51.5 Å². The van der Waals surface area contributed by atoms with Gasteiger partial charge in [-0.25, -0.2) is 8.78 Å². The zero-order valence-corrected chi connectivity index (χ0v) is 58.6. The van der Waals surface area contributed by atoms with E-state index < -0.39 is 132 Å². The van der Waals surface area contributed by atoms with Crippen LogP contribution in [0.25, 0.3) is 21.8 Å². The van der Waals surface area contributed by atoms with E-state index in [1.165, 1.54) is 79.5 Å². The summed E-state index contributed by atoms with van der Waals surface area (Å²) in [4.78, 5) is 153. The van der Waals surface area contributed by atoms with Crippen molar-refractivity contribution in [2.24, 2.45) is 5.73 Å². The lowest BCUT2D eigenvalue weighted by molar-refractivity contribution is -0.146. The zero-order chi connectivity index (χ0) is 72.3. The first-order valence-corrected chi connectivity index (χ1v) is 36.2. The Labute approximate surface area is 592 Å².